The van der Waals surface area contributed by atoms with E-state index in [1.54, 1.807) is 4.90 Å². The largest absolute Gasteiger partial charge is 0.379 e. The van der Waals surface area contributed by atoms with Crippen molar-refractivity contribution in [1.29, 1.82) is 0 Å². The second kappa shape index (κ2) is 7.77. The van der Waals surface area contributed by atoms with Crippen molar-refractivity contribution in [3.63, 3.8) is 0 Å². The zero-order chi connectivity index (χ0) is 19.7. The number of anilines is 1. The third-order valence-electron chi connectivity index (χ3n) is 5.57. The number of rotatable bonds is 5. The molecular weight excluding hydrogens is 376 g/mol. The van der Waals surface area contributed by atoms with Crippen molar-refractivity contribution < 1.29 is 14.3 Å². The maximum Gasteiger partial charge on any atom is 0.229 e. The second-order valence-electron chi connectivity index (χ2n) is 8.00. The molecule has 2 saturated heterocycles. The van der Waals surface area contributed by atoms with Crippen LogP contribution in [0.15, 0.2) is 24.3 Å². The summed E-state index contributed by atoms with van der Waals surface area (Å²) in [5.41, 5.74) is 0.741. The molecule has 2 amide bonds. The highest BCUT2D eigenvalue weighted by atomic mass is 32.1. The number of ether oxygens (including phenoxy) is 1. The molecule has 2 aliphatic heterocycles. The van der Waals surface area contributed by atoms with Crippen LogP contribution < -0.4 is 10.2 Å². The van der Waals surface area contributed by atoms with Gasteiger partial charge in [0, 0.05) is 38.1 Å². The summed E-state index contributed by atoms with van der Waals surface area (Å²) in [5, 5.41) is 3.74. The molecule has 2 aliphatic rings. The number of nitrogens with zero attached hydrogens (tertiary/aromatic N) is 3. The van der Waals surface area contributed by atoms with Gasteiger partial charge in [0.05, 0.1) is 29.3 Å². The summed E-state index contributed by atoms with van der Waals surface area (Å²) >= 11 is 1.49. The lowest BCUT2D eigenvalue weighted by atomic mass is 10.0. The van der Waals surface area contributed by atoms with E-state index < -0.39 is 0 Å². The van der Waals surface area contributed by atoms with E-state index in [2.05, 4.69) is 29.0 Å². The van der Waals surface area contributed by atoms with Crippen molar-refractivity contribution in [2.45, 2.75) is 25.8 Å². The lowest BCUT2D eigenvalue weighted by Gasteiger charge is -2.41. The predicted octanol–water partition coefficient (Wildman–Crippen LogP) is 1.88. The third kappa shape index (κ3) is 3.90. The van der Waals surface area contributed by atoms with Crippen LogP contribution in [0, 0.1) is 5.92 Å². The van der Waals surface area contributed by atoms with Gasteiger partial charge in [-0.15, -0.1) is 0 Å². The van der Waals surface area contributed by atoms with Crippen molar-refractivity contribution >= 4 is 38.5 Å². The van der Waals surface area contributed by atoms with E-state index >= 15 is 0 Å². The summed E-state index contributed by atoms with van der Waals surface area (Å²) in [6.45, 7) is 8.40. The number of carbonyl (C=O) groups is 2. The van der Waals surface area contributed by atoms with E-state index in [1.165, 1.54) is 11.3 Å². The quantitative estimate of drug-likeness (QED) is 0.827. The first-order chi connectivity index (χ1) is 13.4. The average Bonchev–Trinajstić information content (AvgIpc) is 3.30. The molecule has 28 heavy (non-hydrogen) atoms. The molecule has 0 saturated carbocycles. The van der Waals surface area contributed by atoms with Crippen LogP contribution in [0.3, 0.4) is 0 Å². The van der Waals surface area contributed by atoms with Crippen molar-refractivity contribution in [1.82, 2.24) is 15.2 Å². The molecule has 4 rings (SSSR count). The lowest BCUT2D eigenvalue weighted by molar-refractivity contribution is -0.127. The van der Waals surface area contributed by atoms with Gasteiger partial charge in [0.1, 0.15) is 0 Å². The highest BCUT2D eigenvalue weighted by molar-refractivity contribution is 7.22. The van der Waals surface area contributed by atoms with Gasteiger partial charge in [-0.2, -0.15) is 0 Å². The van der Waals surface area contributed by atoms with Gasteiger partial charge in [0.2, 0.25) is 11.8 Å². The molecular formula is C20H26N4O3S. The topological polar surface area (TPSA) is 74.8 Å². The first-order valence-corrected chi connectivity index (χ1v) is 10.5. The Labute approximate surface area is 168 Å². The zero-order valence-electron chi connectivity index (χ0n) is 16.3. The fourth-order valence-corrected chi connectivity index (χ4v) is 4.76. The molecule has 8 heteroatoms. The number of morpholine rings is 1. The minimum atomic E-state index is -0.333. The summed E-state index contributed by atoms with van der Waals surface area (Å²) in [7, 11) is 0. The monoisotopic (exact) mass is 402 g/mol. The van der Waals surface area contributed by atoms with Gasteiger partial charge in [-0.25, -0.2) is 4.98 Å². The fourth-order valence-electron chi connectivity index (χ4n) is 3.77. The van der Waals surface area contributed by atoms with Crippen LogP contribution >= 0.6 is 11.3 Å². The number of fused-ring (bicyclic) bond motifs is 1. The second-order valence-corrected chi connectivity index (χ2v) is 9.01. The molecule has 0 spiro atoms. The van der Waals surface area contributed by atoms with Gasteiger partial charge in [0.25, 0.3) is 0 Å². The molecule has 1 aromatic heterocycles. The van der Waals surface area contributed by atoms with Crippen LogP contribution in [-0.2, 0) is 14.3 Å². The first-order valence-electron chi connectivity index (χ1n) is 9.70. The molecule has 150 valence electrons. The van der Waals surface area contributed by atoms with Gasteiger partial charge in [-0.3, -0.25) is 19.4 Å². The summed E-state index contributed by atoms with van der Waals surface area (Å²) in [4.78, 5) is 33.8. The first kappa shape index (κ1) is 19.3. The number of aromatic nitrogens is 1. The summed E-state index contributed by atoms with van der Waals surface area (Å²) in [5.74, 6) is -0.426. The van der Waals surface area contributed by atoms with Gasteiger partial charge in [-0.1, -0.05) is 23.5 Å². The molecule has 1 unspecified atom stereocenters. The number of para-hydroxylation sites is 1. The van der Waals surface area contributed by atoms with Gasteiger partial charge >= 0.3 is 0 Å². The Balaban J connectivity index is 1.37. The van der Waals surface area contributed by atoms with E-state index in [4.69, 9.17) is 4.74 Å². The molecule has 7 nitrogen and oxygen atoms in total. The molecule has 2 fully saturated rings. The van der Waals surface area contributed by atoms with Crippen molar-refractivity contribution in [2.24, 2.45) is 5.92 Å². The number of thiazole rings is 1. The molecule has 1 aromatic carbocycles. The summed E-state index contributed by atoms with van der Waals surface area (Å²) in [6.07, 6.45) is 0.236. The Bertz CT molecular complexity index is 842. The molecule has 0 bridgehead atoms. The standard InChI is InChI=1S/C20H26N4O3S/c1-20(2,23-7-9-27-10-8-23)13-21-18(26)14-11-17(25)24(12-14)19-22-15-5-3-4-6-16(15)28-19/h3-6,14H,7-13H2,1-2H3,(H,21,26). The number of amides is 2. The molecule has 0 aliphatic carbocycles. The Kier molecular flexibility index (Phi) is 5.35. The minimum Gasteiger partial charge on any atom is -0.379 e. The van der Waals surface area contributed by atoms with Crippen LogP contribution in [0.25, 0.3) is 10.2 Å². The van der Waals surface area contributed by atoms with Crippen molar-refractivity contribution in [2.75, 3.05) is 44.3 Å². The highest BCUT2D eigenvalue weighted by Crippen LogP contribution is 2.32. The molecule has 1 N–H and O–H groups in total. The van der Waals surface area contributed by atoms with Gasteiger partial charge < -0.3 is 10.1 Å². The Morgan fingerprint density at radius 1 is 1.32 bits per heavy atom. The smallest absolute Gasteiger partial charge is 0.229 e. The number of hydrogen-bond donors (Lipinski definition) is 1. The Morgan fingerprint density at radius 2 is 2.07 bits per heavy atom. The number of benzene rings is 1. The number of hydrogen-bond acceptors (Lipinski definition) is 6. The third-order valence-corrected chi connectivity index (χ3v) is 6.63. The Morgan fingerprint density at radius 3 is 2.82 bits per heavy atom. The van der Waals surface area contributed by atoms with E-state index in [9.17, 15) is 9.59 Å². The van der Waals surface area contributed by atoms with Crippen LogP contribution in [0.2, 0.25) is 0 Å². The normalized spacial score (nSPS) is 21.4. The molecule has 2 aromatic rings. The zero-order valence-corrected chi connectivity index (χ0v) is 17.1. The predicted molar refractivity (Wildman–Crippen MR) is 110 cm³/mol. The lowest BCUT2D eigenvalue weighted by Crippen LogP contribution is -2.55. The van der Waals surface area contributed by atoms with Crippen LogP contribution in [-0.4, -0.2) is 66.6 Å². The number of carbonyl (C=O) groups excluding carboxylic acids is 2. The minimum absolute atomic E-state index is 0.0355. The SMILES string of the molecule is CC(C)(CNC(=O)C1CC(=O)N(c2nc3ccccc3s2)C1)N1CCOCC1. The summed E-state index contributed by atoms with van der Waals surface area (Å²) in [6, 6.07) is 7.83. The van der Waals surface area contributed by atoms with Crippen LogP contribution in [0.4, 0.5) is 5.13 Å². The van der Waals surface area contributed by atoms with Crippen LogP contribution in [0.1, 0.15) is 20.3 Å². The van der Waals surface area contributed by atoms with Gasteiger partial charge in [-0.05, 0) is 26.0 Å². The maximum atomic E-state index is 12.7. The van der Waals surface area contributed by atoms with Crippen molar-refractivity contribution in [3.05, 3.63) is 24.3 Å². The number of nitrogens with one attached hydrogen (secondary N) is 1. The van der Waals surface area contributed by atoms with Crippen LogP contribution in [0.5, 0.6) is 0 Å². The Hall–Kier alpha value is -2.03. The van der Waals surface area contributed by atoms with E-state index in [-0.39, 0.29) is 29.7 Å². The highest BCUT2D eigenvalue weighted by Gasteiger charge is 2.37. The fraction of sp³-hybridized carbons (Fsp3) is 0.550. The van der Waals surface area contributed by atoms with E-state index in [1.807, 2.05) is 24.3 Å². The van der Waals surface area contributed by atoms with Crippen molar-refractivity contribution in [3.8, 4) is 0 Å². The summed E-state index contributed by atoms with van der Waals surface area (Å²) < 4.78 is 6.46. The average molecular weight is 403 g/mol. The molecule has 0 radical (unpaired) electrons. The molecule has 1 atom stereocenters. The molecule has 3 heterocycles. The van der Waals surface area contributed by atoms with E-state index in [0.29, 0.717) is 18.2 Å². The van der Waals surface area contributed by atoms with Gasteiger partial charge in [0.15, 0.2) is 5.13 Å². The van der Waals surface area contributed by atoms with E-state index in [0.717, 1.165) is 36.5 Å². The maximum absolute atomic E-state index is 12.7.